The topological polar surface area (TPSA) is 56.0 Å². The van der Waals surface area contributed by atoms with Gasteiger partial charge in [-0.15, -0.1) is 0 Å². The summed E-state index contributed by atoms with van der Waals surface area (Å²) in [6.07, 6.45) is 3.22. The Balaban J connectivity index is 2.61. The van der Waals surface area contributed by atoms with Crippen LogP contribution in [0.3, 0.4) is 0 Å². The molecule has 0 aliphatic heterocycles. The zero-order chi connectivity index (χ0) is 11.5. The van der Waals surface area contributed by atoms with Gasteiger partial charge in [-0.05, 0) is 29.8 Å². The van der Waals surface area contributed by atoms with E-state index < -0.39 is 0 Å². The molecule has 0 atom stereocenters. The summed E-state index contributed by atoms with van der Waals surface area (Å²) < 4.78 is 0.692. The maximum Gasteiger partial charge on any atom is 0.278 e. The van der Waals surface area contributed by atoms with E-state index in [0.717, 1.165) is 5.56 Å². The molecule has 0 aliphatic carbocycles. The van der Waals surface area contributed by atoms with Gasteiger partial charge >= 0.3 is 0 Å². The molecule has 0 bridgehead atoms. The lowest BCUT2D eigenvalue weighted by Crippen LogP contribution is -1.92. The van der Waals surface area contributed by atoms with Gasteiger partial charge in [0.25, 0.3) is 5.69 Å². The van der Waals surface area contributed by atoms with Crippen molar-refractivity contribution >= 4 is 21.6 Å². The fourth-order valence-corrected chi connectivity index (χ4v) is 1.78. The molecule has 5 heteroatoms. The first-order valence-electron chi connectivity index (χ1n) is 4.53. The Morgan fingerprint density at radius 3 is 2.50 bits per heavy atom. The van der Waals surface area contributed by atoms with Gasteiger partial charge in [0.2, 0.25) is 0 Å². The second-order valence-electron chi connectivity index (χ2n) is 3.15. The SMILES string of the molecule is O=[N+]([O-])c1cc(Br)ccc1-c1ccncc1. The minimum atomic E-state index is -0.388. The van der Waals surface area contributed by atoms with Crippen molar-refractivity contribution in [3.05, 3.63) is 57.3 Å². The van der Waals surface area contributed by atoms with Crippen LogP contribution in [-0.2, 0) is 0 Å². The lowest BCUT2D eigenvalue weighted by Gasteiger charge is -2.02. The minimum Gasteiger partial charge on any atom is -0.265 e. The number of hydrogen-bond acceptors (Lipinski definition) is 3. The van der Waals surface area contributed by atoms with Crippen LogP contribution in [0.5, 0.6) is 0 Å². The minimum absolute atomic E-state index is 0.0839. The number of halogens is 1. The van der Waals surface area contributed by atoms with Crippen molar-refractivity contribution in [2.24, 2.45) is 0 Å². The van der Waals surface area contributed by atoms with Crippen LogP contribution in [0.4, 0.5) is 5.69 Å². The van der Waals surface area contributed by atoms with Crippen molar-refractivity contribution in [2.45, 2.75) is 0 Å². The molecule has 2 aromatic rings. The molecule has 1 aromatic heterocycles. The van der Waals surface area contributed by atoms with Crippen molar-refractivity contribution in [2.75, 3.05) is 0 Å². The second-order valence-corrected chi connectivity index (χ2v) is 4.07. The van der Waals surface area contributed by atoms with E-state index in [9.17, 15) is 10.1 Å². The van der Waals surface area contributed by atoms with Gasteiger partial charge in [-0.3, -0.25) is 15.1 Å². The molecule has 80 valence electrons. The summed E-state index contributed by atoms with van der Waals surface area (Å²) in [5, 5.41) is 10.9. The molecule has 0 spiro atoms. The number of rotatable bonds is 2. The molecular formula is C11H7BrN2O2. The highest BCUT2D eigenvalue weighted by Gasteiger charge is 2.15. The van der Waals surface area contributed by atoms with E-state index in [1.54, 1.807) is 36.7 Å². The third-order valence-corrected chi connectivity index (χ3v) is 2.64. The van der Waals surface area contributed by atoms with Crippen molar-refractivity contribution in [3.63, 3.8) is 0 Å². The smallest absolute Gasteiger partial charge is 0.265 e. The van der Waals surface area contributed by atoms with Gasteiger partial charge in [0.05, 0.1) is 10.5 Å². The molecule has 0 amide bonds. The summed E-state index contributed by atoms with van der Waals surface area (Å²) in [4.78, 5) is 14.4. The zero-order valence-corrected chi connectivity index (χ0v) is 9.72. The van der Waals surface area contributed by atoms with Gasteiger partial charge in [-0.2, -0.15) is 0 Å². The highest BCUT2D eigenvalue weighted by Crippen LogP contribution is 2.31. The Morgan fingerprint density at radius 1 is 1.19 bits per heavy atom. The van der Waals surface area contributed by atoms with E-state index in [1.807, 2.05) is 0 Å². The van der Waals surface area contributed by atoms with Crippen LogP contribution in [0.1, 0.15) is 0 Å². The monoisotopic (exact) mass is 278 g/mol. The number of nitro groups is 1. The van der Waals surface area contributed by atoms with Crippen molar-refractivity contribution < 1.29 is 4.92 Å². The van der Waals surface area contributed by atoms with Gasteiger partial charge < -0.3 is 0 Å². The van der Waals surface area contributed by atoms with Gasteiger partial charge in [0, 0.05) is 22.9 Å². The Kier molecular flexibility index (Phi) is 2.96. The fourth-order valence-electron chi connectivity index (χ4n) is 1.43. The Hall–Kier alpha value is -1.75. The molecule has 0 radical (unpaired) electrons. The molecule has 0 fully saturated rings. The van der Waals surface area contributed by atoms with Crippen LogP contribution in [0, 0.1) is 10.1 Å². The summed E-state index contributed by atoms with van der Waals surface area (Å²) in [5.74, 6) is 0. The van der Waals surface area contributed by atoms with Gasteiger partial charge in [0.1, 0.15) is 0 Å². The van der Waals surface area contributed by atoms with E-state index in [-0.39, 0.29) is 10.6 Å². The van der Waals surface area contributed by atoms with Crippen LogP contribution >= 0.6 is 15.9 Å². The first-order valence-corrected chi connectivity index (χ1v) is 5.32. The number of nitrogens with zero attached hydrogens (tertiary/aromatic N) is 2. The molecule has 0 aliphatic rings. The molecule has 1 heterocycles. The first kappa shape index (κ1) is 10.8. The molecule has 4 nitrogen and oxygen atoms in total. The summed E-state index contributed by atoms with van der Waals surface area (Å²) in [7, 11) is 0. The highest BCUT2D eigenvalue weighted by atomic mass is 79.9. The number of aromatic nitrogens is 1. The normalized spacial score (nSPS) is 10.1. The van der Waals surface area contributed by atoms with E-state index in [4.69, 9.17) is 0 Å². The van der Waals surface area contributed by atoms with Crippen LogP contribution in [0.2, 0.25) is 0 Å². The van der Waals surface area contributed by atoms with Crippen LogP contribution in [-0.4, -0.2) is 9.91 Å². The third kappa shape index (κ3) is 2.09. The standard InChI is InChI=1S/C11H7BrN2O2/c12-9-1-2-10(11(7-9)14(15)16)8-3-5-13-6-4-8/h1-7H. The average Bonchev–Trinajstić information content (AvgIpc) is 2.30. The second kappa shape index (κ2) is 4.40. The zero-order valence-electron chi connectivity index (χ0n) is 8.13. The predicted molar refractivity (Wildman–Crippen MR) is 64.0 cm³/mol. The van der Waals surface area contributed by atoms with Gasteiger partial charge in [-0.25, -0.2) is 0 Å². The number of nitro benzene ring substituents is 1. The molecule has 16 heavy (non-hydrogen) atoms. The average molecular weight is 279 g/mol. The number of benzene rings is 1. The third-order valence-electron chi connectivity index (χ3n) is 2.15. The molecule has 0 N–H and O–H groups in total. The fraction of sp³-hybridized carbons (Fsp3) is 0. The quantitative estimate of drug-likeness (QED) is 0.625. The van der Waals surface area contributed by atoms with Crippen LogP contribution in [0.15, 0.2) is 47.2 Å². The maximum atomic E-state index is 10.9. The molecule has 0 saturated heterocycles. The van der Waals surface area contributed by atoms with Crippen LogP contribution < -0.4 is 0 Å². The van der Waals surface area contributed by atoms with E-state index >= 15 is 0 Å². The van der Waals surface area contributed by atoms with Crippen molar-refractivity contribution in [1.82, 2.24) is 4.98 Å². The molecular weight excluding hydrogens is 272 g/mol. The number of hydrogen-bond donors (Lipinski definition) is 0. The van der Waals surface area contributed by atoms with E-state index in [0.29, 0.717) is 10.0 Å². The predicted octanol–water partition coefficient (Wildman–Crippen LogP) is 3.42. The largest absolute Gasteiger partial charge is 0.278 e. The summed E-state index contributed by atoms with van der Waals surface area (Å²) in [5.41, 5.74) is 1.46. The molecule has 2 rings (SSSR count). The molecule has 0 unspecified atom stereocenters. The first-order chi connectivity index (χ1) is 7.68. The Morgan fingerprint density at radius 2 is 1.88 bits per heavy atom. The Bertz CT molecular complexity index is 529. The lowest BCUT2D eigenvalue weighted by atomic mass is 10.1. The van der Waals surface area contributed by atoms with E-state index in [1.165, 1.54) is 6.07 Å². The van der Waals surface area contributed by atoms with Gasteiger partial charge in [0.15, 0.2) is 0 Å². The summed E-state index contributed by atoms with van der Waals surface area (Å²) >= 11 is 3.22. The maximum absolute atomic E-state index is 10.9. The molecule has 0 saturated carbocycles. The summed E-state index contributed by atoms with van der Waals surface area (Å²) in [6.45, 7) is 0. The number of pyridine rings is 1. The lowest BCUT2D eigenvalue weighted by molar-refractivity contribution is -0.384. The van der Waals surface area contributed by atoms with Crippen molar-refractivity contribution in [3.8, 4) is 11.1 Å². The van der Waals surface area contributed by atoms with Crippen LogP contribution in [0.25, 0.3) is 11.1 Å². The molecule has 1 aromatic carbocycles. The summed E-state index contributed by atoms with van der Waals surface area (Å²) in [6, 6.07) is 8.49. The van der Waals surface area contributed by atoms with Crippen molar-refractivity contribution in [1.29, 1.82) is 0 Å². The Labute approximate surface area is 100 Å². The van der Waals surface area contributed by atoms with E-state index in [2.05, 4.69) is 20.9 Å². The highest BCUT2D eigenvalue weighted by molar-refractivity contribution is 9.10. The van der Waals surface area contributed by atoms with Gasteiger partial charge in [-0.1, -0.05) is 15.9 Å².